The number of carbonyl (C=O) groups excluding carboxylic acids is 1. The number of fused-ring (bicyclic) bond motifs is 1. The highest BCUT2D eigenvalue weighted by Gasteiger charge is 2.30. The van der Waals surface area contributed by atoms with Gasteiger partial charge in [0, 0.05) is 64.0 Å². The number of rotatable bonds is 6. The van der Waals surface area contributed by atoms with Gasteiger partial charge in [-0.15, -0.1) is 0 Å². The Labute approximate surface area is 218 Å². The zero-order valence-corrected chi connectivity index (χ0v) is 21.7. The summed E-state index contributed by atoms with van der Waals surface area (Å²) in [5.74, 6) is 2.03. The van der Waals surface area contributed by atoms with Crippen LogP contribution >= 0.6 is 0 Å². The predicted octanol–water partition coefficient (Wildman–Crippen LogP) is 3.12. The molecule has 37 heavy (non-hydrogen) atoms. The van der Waals surface area contributed by atoms with Crippen molar-refractivity contribution >= 4 is 22.5 Å². The van der Waals surface area contributed by atoms with Gasteiger partial charge < -0.3 is 14.5 Å². The number of aromatic nitrogens is 2. The third-order valence-electron chi connectivity index (χ3n) is 8.29. The lowest BCUT2D eigenvalue weighted by atomic mass is 9.91. The van der Waals surface area contributed by atoms with Crippen molar-refractivity contribution in [3.05, 3.63) is 48.8 Å². The van der Waals surface area contributed by atoms with Crippen LogP contribution in [0.25, 0.3) is 22.0 Å². The molecule has 3 aliphatic rings. The van der Waals surface area contributed by atoms with Gasteiger partial charge in [0.1, 0.15) is 11.6 Å². The van der Waals surface area contributed by atoms with Crippen LogP contribution in [-0.2, 0) is 4.79 Å². The number of methoxy groups -OCH3 is 1. The molecule has 1 amide bonds. The van der Waals surface area contributed by atoms with Crippen molar-refractivity contribution in [1.29, 1.82) is 0 Å². The highest BCUT2D eigenvalue weighted by molar-refractivity contribution is 5.87. The molecule has 0 unspecified atom stereocenters. The van der Waals surface area contributed by atoms with Crippen LogP contribution in [-0.4, -0.2) is 103 Å². The minimum atomic E-state index is 0.277. The van der Waals surface area contributed by atoms with E-state index in [1.54, 1.807) is 7.11 Å². The van der Waals surface area contributed by atoms with Gasteiger partial charge in [-0.3, -0.25) is 19.6 Å². The Bertz CT molecular complexity index is 1230. The fraction of sp³-hybridized carbons (Fsp3) is 0.483. The second-order valence-electron chi connectivity index (χ2n) is 10.5. The molecule has 1 saturated carbocycles. The summed E-state index contributed by atoms with van der Waals surface area (Å²) in [7, 11) is 1.69. The maximum absolute atomic E-state index is 12.9. The molecule has 8 nitrogen and oxygen atoms in total. The first-order chi connectivity index (χ1) is 18.2. The topological polar surface area (TPSA) is 65.0 Å². The van der Waals surface area contributed by atoms with E-state index < -0.39 is 0 Å². The summed E-state index contributed by atoms with van der Waals surface area (Å²) in [6.45, 7) is 7.79. The SMILES string of the molecule is COc1ccc2cc(-c3cnc(N4CCN(CC(=O)N5CCN(C6CCC6)CC5)CC4)cn3)ccc2c1. The Morgan fingerprint density at radius 3 is 2.32 bits per heavy atom. The van der Waals surface area contributed by atoms with Crippen molar-refractivity contribution in [2.45, 2.75) is 25.3 Å². The van der Waals surface area contributed by atoms with E-state index in [0.717, 1.165) is 92.0 Å². The molecule has 3 heterocycles. The zero-order chi connectivity index (χ0) is 25.2. The monoisotopic (exact) mass is 500 g/mol. The molecule has 1 aromatic heterocycles. The quantitative estimate of drug-likeness (QED) is 0.515. The van der Waals surface area contributed by atoms with E-state index in [-0.39, 0.29) is 5.91 Å². The molecule has 2 aromatic carbocycles. The molecule has 3 fully saturated rings. The summed E-state index contributed by atoms with van der Waals surface area (Å²) < 4.78 is 5.33. The van der Waals surface area contributed by atoms with Crippen molar-refractivity contribution in [3.8, 4) is 17.0 Å². The summed E-state index contributed by atoms with van der Waals surface area (Å²) in [4.78, 5) is 31.5. The summed E-state index contributed by atoms with van der Waals surface area (Å²) >= 11 is 0. The predicted molar refractivity (Wildman–Crippen MR) is 146 cm³/mol. The highest BCUT2D eigenvalue weighted by atomic mass is 16.5. The number of ether oxygens (including phenoxy) is 1. The standard InChI is InChI=1S/C29H36N6O2/c1-37-26-8-7-22-17-24(6-5-23(22)18-26)27-19-31-28(20-30-27)34-11-9-32(10-12-34)21-29(36)35-15-13-33(14-16-35)25-3-2-4-25/h5-8,17-20,25H,2-4,9-16,21H2,1H3. The van der Waals surface area contributed by atoms with Crippen LogP contribution in [0.1, 0.15) is 19.3 Å². The second-order valence-corrected chi connectivity index (χ2v) is 10.5. The third-order valence-corrected chi connectivity index (χ3v) is 8.29. The molecule has 0 spiro atoms. The summed E-state index contributed by atoms with van der Waals surface area (Å²) in [5, 5.41) is 2.29. The molecule has 0 atom stereocenters. The molecule has 0 radical (unpaired) electrons. The Kier molecular flexibility index (Phi) is 6.93. The van der Waals surface area contributed by atoms with Gasteiger partial charge in [0.2, 0.25) is 5.91 Å². The largest absolute Gasteiger partial charge is 0.497 e. The van der Waals surface area contributed by atoms with Crippen LogP contribution in [0.2, 0.25) is 0 Å². The number of hydrogen-bond acceptors (Lipinski definition) is 7. The zero-order valence-electron chi connectivity index (χ0n) is 21.7. The highest BCUT2D eigenvalue weighted by Crippen LogP contribution is 2.27. The molecule has 8 heteroatoms. The number of amides is 1. The maximum Gasteiger partial charge on any atom is 0.236 e. The van der Waals surface area contributed by atoms with Gasteiger partial charge >= 0.3 is 0 Å². The molecule has 1 aliphatic carbocycles. The molecular weight excluding hydrogens is 464 g/mol. The number of piperazine rings is 2. The van der Waals surface area contributed by atoms with Crippen LogP contribution in [0.3, 0.4) is 0 Å². The van der Waals surface area contributed by atoms with Crippen molar-refractivity contribution in [1.82, 2.24) is 24.7 Å². The van der Waals surface area contributed by atoms with Crippen molar-refractivity contribution in [3.63, 3.8) is 0 Å². The number of nitrogens with zero attached hydrogens (tertiary/aromatic N) is 6. The maximum atomic E-state index is 12.9. The van der Waals surface area contributed by atoms with Crippen LogP contribution in [0.4, 0.5) is 5.82 Å². The summed E-state index contributed by atoms with van der Waals surface area (Å²) in [6, 6.07) is 13.2. The fourth-order valence-corrected chi connectivity index (χ4v) is 5.66. The van der Waals surface area contributed by atoms with Gasteiger partial charge in [-0.25, -0.2) is 4.98 Å². The van der Waals surface area contributed by atoms with Crippen molar-refractivity contribution in [2.75, 3.05) is 70.9 Å². The average molecular weight is 501 g/mol. The van der Waals surface area contributed by atoms with Gasteiger partial charge in [0.05, 0.1) is 31.7 Å². The van der Waals surface area contributed by atoms with E-state index in [1.165, 1.54) is 19.3 Å². The molecule has 6 rings (SSSR count). The van der Waals surface area contributed by atoms with Gasteiger partial charge in [0.25, 0.3) is 0 Å². The Morgan fingerprint density at radius 2 is 1.65 bits per heavy atom. The minimum absolute atomic E-state index is 0.277. The van der Waals surface area contributed by atoms with E-state index in [0.29, 0.717) is 6.54 Å². The number of anilines is 1. The second kappa shape index (κ2) is 10.6. The Balaban J connectivity index is 1.00. The van der Waals surface area contributed by atoms with Crippen LogP contribution in [0.15, 0.2) is 48.8 Å². The average Bonchev–Trinajstić information content (AvgIpc) is 2.92. The normalized spacial score (nSPS) is 19.7. The molecule has 194 valence electrons. The van der Waals surface area contributed by atoms with Crippen LogP contribution in [0.5, 0.6) is 5.75 Å². The summed E-state index contributed by atoms with van der Waals surface area (Å²) in [5.41, 5.74) is 1.91. The van der Waals surface area contributed by atoms with Gasteiger partial charge in [0.15, 0.2) is 0 Å². The lowest BCUT2D eigenvalue weighted by Crippen LogP contribution is -2.56. The molecule has 2 aliphatic heterocycles. The smallest absolute Gasteiger partial charge is 0.236 e. The first kappa shape index (κ1) is 24.1. The Hall–Kier alpha value is -3.23. The number of benzene rings is 2. The van der Waals surface area contributed by atoms with E-state index in [9.17, 15) is 4.79 Å². The molecule has 0 bridgehead atoms. The first-order valence-electron chi connectivity index (χ1n) is 13.6. The molecular formula is C29H36N6O2. The van der Waals surface area contributed by atoms with E-state index in [2.05, 4.69) is 43.9 Å². The van der Waals surface area contributed by atoms with Crippen molar-refractivity contribution in [2.24, 2.45) is 0 Å². The minimum Gasteiger partial charge on any atom is -0.497 e. The first-order valence-corrected chi connectivity index (χ1v) is 13.6. The van der Waals surface area contributed by atoms with Crippen LogP contribution in [0, 0.1) is 0 Å². The third kappa shape index (κ3) is 5.26. The van der Waals surface area contributed by atoms with Crippen molar-refractivity contribution < 1.29 is 9.53 Å². The number of carbonyl (C=O) groups is 1. The fourth-order valence-electron chi connectivity index (χ4n) is 5.66. The number of hydrogen-bond donors (Lipinski definition) is 0. The van der Waals surface area contributed by atoms with E-state index >= 15 is 0 Å². The van der Waals surface area contributed by atoms with Gasteiger partial charge in [-0.1, -0.05) is 24.6 Å². The van der Waals surface area contributed by atoms with E-state index in [1.807, 2.05) is 24.5 Å². The van der Waals surface area contributed by atoms with Gasteiger partial charge in [-0.2, -0.15) is 0 Å². The lowest BCUT2D eigenvalue weighted by Gasteiger charge is -2.43. The van der Waals surface area contributed by atoms with E-state index in [4.69, 9.17) is 14.7 Å². The molecule has 0 N–H and O–H groups in total. The Morgan fingerprint density at radius 1 is 0.892 bits per heavy atom. The summed E-state index contributed by atoms with van der Waals surface area (Å²) in [6.07, 6.45) is 7.77. The van der Waals surface area contributed by atoms with Gasteiger partial charge in [-0.05, 0) is 41.8 Å². The molecule has 2 saturated heterocycles. The van der Waals surface area contributed by atoms with Crippen LogP contribution < -0.4 is 9.64 Å². The molecule has 3 aromatic rings. The lowest BCUT2D eigenvalue weighted by molar-refractivity contribution is -0.134.